The Balaban J connectivity index is 1.75. The standard InChI is InChI=1S/C29H38F3N3O4S/c1-21-11-7-8-12-23(21)20-34(22(2)28(37)33-25-14-5-4-6-15-25)27(36)17-10-18-35(40(3,38)39)26-16-9-13-24(19-26)29(30,31)32/h7-9,11-13,16,19,22,25H,4-6,10,14-15,17-18,20H2,1-3H3,(H,33,37)/t22-/m0/s1. The Bertz CT molecular complexity index is 1280. The first kappa shape index (κ1) is 31.4. The van der Waals surface area contributed by atoms with E-state index in [1.165, 1.54) is 11.0 Å². The number of rotatable bonds is 11. The summed E-state index contributed by atoms with van der Waals surface area (Å²) >= 11 is 0. The summed E-state index contributed by atoms with van der Waals surface area (Å²) in [5, 5.41) is 3.08. The van der Waals surface area contributed by atoms with E-state index in [4.69, 9.17) is 0 Å². The summed E-state index contributed by atoms with van der Waals surface area (Å²) in [5.41, 5.74) is 0.765. The van der Waals surface area contributed by atoms with E-state index < -0.39 is 27.8 Å². The van der Waals surface area contributed by atoms with Crippen molar-refractivity contribution >= 4 is 27.5 Å². The van der Waals surface area contributed by atoms with Gasteiger partial charge in [0.15, 0.2) is 0 Å². The van der Waals surface area contributed by atoms with E-state index in [1.54, 1.807) is 6.92 Å². The molecule has 0 aromatic heterocycles. The summed E-state index contributed by atoms with van der Waals surface area (Å²) < 4.78 is 65.5. The van der Waals surface area contributed by atoms with Gasteiger partial charge in [-0.15, -0.1) is 0 Å². The Kier molecular flexibility index (Phi) is 10.6. The molecule has 0 aliphatic heterocycles. The second-order valence-corrected chi connectivity index (χ2v) is 12.4. The number of carbonyl (C=O) groups is 2. The van der Waals surface area contributed by atoms with Crippen LogP contribution in [-0.2, 0) is 32.3 Å². The van der Waals surface area contributed by atoms with Crippen LogP contribution in [0.25, 0.3) is 0 Å². The molecule has 2 amide bonds. The molecule has 40 heavy (non-hydrogen) atoms. The van der Waals surface area contributed by atoms with Gasteiger partial charge in [0, 0.05) is 25.6 Å². The van der Waals surface area contributed by atoms with Crippen LogP contribution in [0, 0.1) is 6.92 Å². The highest BCUT2D eigenvalue weighted by atomic mass is 32.2. The molecule has 1 saturated carbocycles. The van der Waals surface area contributed by atoms with Crippen molar-refractivity contribution in [2.75, 3.05) is 17.1 Å². The molecule has 1 N–H and O–H groups in total. The summed E-state index contributed by atoms with van der Waals surface area (Å²) in [7, 11) is -3.92. The fraction of sp³-hybridized carbons (Fsp3) is 0.517. The molecule has 2 aromatic carbocycles. The molecule has 2 aromatic rings. The second kappa shape index (κ2) is 13.5. The van der Waals surface area contributed by atoms with Gasteiger partial charge in [0.1, 0.15) is 6.04 Å². The average molecular weight is 582 g/mol. The van der Waals surface area contributed by atoms with Crippen molar-refractivity contribution in [1.82, 2.24) is 10.2 Å². The normalized spacial score (nSPS) is 15.3. The van der Waals surface area contributed by atoms with Gasteiger partial charge in [-0.1, -0.05) is 49.6 Å². The zero-order chi connectivity index (χ0) is 29.5. The Morgan fingerprint density at radius 1 is 1.05 bits per heavy atom. The van der Waals surface area contributed by atoms with Crippen LogP contribution in [0.15, 0.2) is 48.5 Å². The molecule has 11 heteroatoms. The fourth-order valence-electron chi connectivity index (χ4n) is 4.96. The Morgan fingerprint density at radius 2 is 1.73 bits per heavy atom. The molecule has 0 spiro atoms. The van der Waals surface area contributed by atoms with Crippen molar-refractivity contribution in [2.24, 2.45) is 0 Å². The smallest absolute Gasteiger partial charge is 0.352 e. The van der Waals surface area contributed by atoms with Crippen molar-refractivity contribution in [1.29, 1.82) is 0 Å². The maximum Gasteiger partial charge on any atom is 0.416 e. The van der Waals surface area contributed by atoms with Crippen molar-refractivity contribution in [3.8, 4) is 0 Å². The van der Waals surface area contributed by atoms with Crippen molar-refractivity contribution in [2.45, 2.75) is 83.6 Å². The van der Waals surface area contributed by atoms with Crippen LogP contribution < -0.4 is 9.62 Å². The number of halogens is 3. The number of benzene rings is 2. The largest absolute Gasteiger partial charge is 0.416 e. The third-order valence-corrected chi connectivity index (χ3v) is 8.53. The molecule has 3 rings (SSSR count). The molecule has 1 aliphatic rings. The van der Waals surface area contributed by atoms with Gasteiger partial charge >= 0.3 is 6.18 Å². The van der Waals surface area contributed by atoms with E-state index >= 15 is 0 Å². The lowest BCUT2D eigenvalue weighted by Crippen LogP contribution is -2.50. The number of sulfonamides is 1. The van der Waals surface area contributed by atoms with Gasteiger partial charge in [-0.05, 0) is 62.4 Å². The number of amides is 2. The first-order valence-corrected chi connectivity index (χ1v) is 15.4. The minimum Gasteiger partial charge on any atom is -0.352 e. The quantitative estimate of drug-likeness (QED) is 0.384. The minimum atomic E-state index is -4.63. The maximum atomic E-state index is 13.5. The molecule has 0 bridgehead atoms. The van der Waals surface area contributed by atoms with E-state index in [-0.39, 0.29) is 49.5 Å². The lowest BCUT2D eigenvalue weighted by Gasteiger charge is -2.32. The van der Waals surface area contributed by atoms with Gasteiger partial charge in [-0.2, -0.15) is 13.2 Å². The Hall–Kier alpha value is -3.08. The molecule has 0 heterocycles. The van der Waals surface area contributed by atoms with E-state index in [0.717, 1.165) is 72.0 Å². The highest BCUT2D eigenvalue weighted by Gasteiger charge is 2.32. The van der Waals surface area contributed by atoms with Crippen molar-refractivity contribution in [3.63, 3.8) is 0 Å². The summed E-state index contributed by atoms with van der Waals surface area (Å²) in [6, 6.07) is 11.0. The lowest BCUT2D eigenvalue weighted by molar-refractivity contribution is -0.141. The molecule has 1 fully saturated rings. The van der Waals surface area contributed by atoms with E-state index in [2.05, 4.69) is 5.32 Å². The summed E-state index contributed by atoms with van der Waals surface area (Å²) in [4.78, 5) is 28.1. The first-order chi connectivity index (χ1) is 18.8. The predicted molar refractivity (Wildman–Crippen MR) is 149 cm³/mol. The lowest BCUT2D eigenvalue weighted by atomic mass is 9.95. The minimum absolute atomic E-state index is 0.0589. The topological polar surface area (TPSA) is 86.8 Å². The van der Waals surface area contributed by atoms with Crippen LogP contribution in [0.4, 0.5) is 18.9 Å². The molecular weight excluding hydrogens is 543 g/mol. The SMILES string of the molecule is Cc1ccccc1CN(C(=O)CCCN(c1cccc(C(F)(F)F)c1)S(C)(=O)=O)[C@@H](C)C(=O)NC1CCCCC1. The zero-order valence-electron chi connectivity index (χ0n) is 23.2. The number of hydrogen-bond acceptors (Lipinski definition) is 4. The average Bonchev–Trinajstić information content (AvgIpc) is 2.89. The number of alkyl halides is 3. The van der Waals surface area contributed by atoms with E-state index in [1.807, 2.05) is 31.2 Å². The van der Waals surface area contributed by atoms with Crippen molar-refractivity contribution < 1.29 is 31.2 Å². The van der Waals surface area contributed by atoms with Crippen LogP contribution in [0.2, 0.25) is 0 Å². The summed E-state index contributed by atoms with van der Waals surface area (Å²) in [6.07, 6.45) is 1.31. The van der Waals surface area contributed by atoms with Crippen LogP contribution in [0.5, 0.6) is 0 Å². The van der Waals surface area contributed by atoms with Crippen LogP contribution in [-0.4, -0.2) is 50.0 Å². The molecule has 1 atom stereocenters. The molecule has 1 aliphatic carbocycles. The predicted octanol–water partition coefficient (Wildman–Crippen LogP) is 5.43. The van der Waals surface area contributed by atoms with Gasteiger partial charge < -0.3 is 10.2 Å². The highest BCUT2D eigenvalue weighted by molar-refractivity contribution is 7.92. The number of nitrogens with one attached hydrogen (secondary N) is 1. The van der Waals surface area contributed by atoms with Gasteiger partial charge in [0.2, 0.25) is 21.8 Å². The molecule has 0 saturated heterocycles. The van der Waals surface area contributed by atoms with E-state index in [9.17, 15) is 31.2 Å². The second-order valence-electron chi connectivity index (χ2n) is 10.5. The third-order valence-electron chi connectivity index (χ3n) is 7.33. The Morgan fingerprint density at radius 3 is 2.35 bits per heavy atom. The first-order valence-electron chi connectivity index (χ1n) is 13.6. The number of carbonyl (C=O) groups excluding carboxylic acids is 2. The highest BCUT2D eigenvalue weighted by Crippen LogP contribution is 2.32. The summed E-state index contributed by atoms with van der Waals surface area (Å²) in [5.74, 6) is -0.581. The van der Waals surface area contributed by atoms with E-state index in [0.29, 0.717) is 0 Å². The molecule has 0 unspecified atom stereocenters. The van der Waals surface area contributed by atoms with Gasteiger partial charge in [-0.25, -0.2) is 8.42 Å². The van der Waals surface area contributed by atoms with Gasteiger partial charge in [0.05, 0.1) is 17.5 Å². The van der Waals surface area contributed by atoms with Crippen LogP contribution in [0.3, 0.4) is 0 Å². The number of hydrogen-bond donors (Lipinski definition) is 1. The van der Waals surface area contributed by atoms with Gasteiger partial charge in [0.25, 0.3) is 0 Å². The van der Waals surface area contributed by atoms with Crippen LogP contribution >= 0.6 is 0 Å². The molecule has 220 valence electrons. The number of anilines is 1. The monoisotopic (exact) mass is 581 g/mol. The maximum absolute atomic E-state index is 13.5. The fourth-order valence-corrected chi connectivity index (χ4v) is 5.92. The Labute approximate surface area is 234 Å². The van der Waals surface area contributed by atoms with Gasteiger partial charge in [-0.3, -0.25) is 13.9 Å². The van der Waals surface area contributed by atoms with Crippen LogP contribution in [0.1, 0.15) is 68.6 Å². The summed E-state index contributed by atoms with van der Waals surface area (Å²) in [6.45, 7) is 3.62. The number of aryl methyl sites for hydroxylation is 1. The molecular formula is C29H38F3N3O4S. The molecule has 0 radical (unpaired) electrons. The third kappa shape index (κ3) is 8.71. The molecule has 7 nitrogen and oxygen atoms in total. The number of nitrogens with zero attached hydrogens (tertiary/aromatic N) is 2. The van der Waals surface area contributed by atoms with Crippen molar-refractivity contribution in [3.05, 3.63) is 65.2 Å². The zero-order valence-corrected chi connectivity index (χ0v) is 24.0.